The predicted molar refractivity (Wildman–Crippen MR) is 83.2 cm³/mol. The highest BCUT2D eigenvalue weighted by atomic mass is 16.2. The lowest BCUT2D eigenvalue weighted by Crippen LogP contribution is -2.35. The van der Waals surface area contributed by atoms with Gasteiger partial charge in [-0.1, -0.05) is 0 Å². The number of piperidine rings is 1. The van der Waals surface area contributed by atoms with E-state index in [0.29, 0.717) is 5.82 Å². The van der Waals surface area contributed by atoms with Crippen LogP contribution in [0.25, 0.3) is 11.1 Å². The summed E-state index contributed by atoms with van der Waals surface area (Å²) in [6, 6.07) is 3.84. The van der Waals surface area contributed by atoms with Crippen LogP contribution in [-0.4, -0.2) is 45.2 Å². The molecule has 2 aromatic rings. The van der Waals surface area contributed by atoms with Crippen LogP contribution in [0.1, 0.15) is 12.8 Å². The van der Waals surface area contributed by atoms with E-state index in [4.69, 9.17) is 0 Å². The minimum absolute atomic E-state index is 0.114. The average molecular weight is 297 g/mol. The van der Waals surface area contributed by atoms with Gasteiger partial charge in [0.25, 0.3) is 0 Å². The van der Waals surface area contributed by atoms with Gasteiger partial charge in [0, 0.05) is 31.5 Å². The van der Waals surface area contributed by atoms with Crippen molar-refractivity contribution in [2.24, 2.45) is 12.5 Å². The zero-order valence-electron chi connectivity index (χ0n) is 12.6. The predicted octanol–water partition coefficient (Wildman–Crippen LogP) is 1.52. The third-order valence-electron chi connectivity index (χ3n) is 4.86. The Bertz CT molecular complexity index is 715. The number of pyridine rings is 1. The van der Waals surface area contributed by atoms with Crippen molar-refractivity contribution in [1.29, 1.82) is 0 Å². The van der Waals surface area contributed by atoms with Gasteiger partial charge in [0.2, 0.25) is 5.91 Å². The van der Waals surface area contributed by atoms with Crippen molar-refractivity contribution in [2.75, 3.05) is 25.0 Å². The van der Waals surface area contributed by atoms with Crippen molar-refractivity contribution in [1.82, 2.24) is 19.7 Å². The standard InChI is InChI=1S/C16H19N5O/c1-20-10-13(9-18-20)12-2-5-17-14(8-12)19-15(22)16-3-6-21(11-16)7-4-16/h2,5,8-10H,3-4,6-7,11H2,1H3,(H,17,19,22). The number of rotatable bonds is 3. The van der Waals surface area contributed by atoms with E-state index < -0.39 is 0 Å². The van der Waals surface area contributed by atoms with E-state index in [1.807, 2.05) is 31.6 Å². The fourth-order valence-electron chi connectivity index (χ4n) is 3.52. The molecule has 0 unspecified atom stereocenters. The minimum atomic E-state index is -0.202. The first-order chi connectivity index (χ1) is 10.6. The van der Waals surface area contributed by atoms with E-state index in [9.17, 15) is 4.79 Å². The number of fused-ring (bicyclic) bond motifs is 2. The molecule has 114 valence electrons. The lowest BCUT2D eigenvalue weighted by atomic mass is 9.84. The van der Waals surface area contributed by atoms with E-state index in [-0.39, 0.29) is 11.3 Å². The second-order valence-corrected chi connectivity index (χ2v) is 6.34. The number of carbonyl (C=O) groups is 1. The van der Waals surface area contributed by atoms with Crippen LogP contribution in [0.5, 0.6) is 0 Å². The molecule has 0 atom stereocenters. The summed E-state index contributed by atoms with van der Waals surface area (Å²) in [6.45, 7) is 2.97. The van der Waals surface area contributed by atoms with Crippen LogP contribution in [0.4, 0.5) is 5.82 Å². The van der Waals surface area contributed by atoms with Crippen LogP contribution in [0.3, 0.4) is 0 Å². The van der Waals surface area contributed by atoms with Gasteiger partial charge in [-0.15, -0.1) is 0 Å². The first-order valence-electron chi connectivity index (χ1n) is 7.64. The lowest BCUT2D eigenvalue weighted by molar-refractivity contribution is -0.124. The van der Waals surface area contributed by atoms with Gasteiger partial charge >= 0.3 is 0 Å². The molecule has 2 aliphatic heterocycles. The molecule has 6 nitrogen and oxygen atoms in total. The van der Waals surface area contributed by atoms with Crippen molar-refractivity contribution < 1.29 is 4.79 Å². The van der Waals surface area contributed by atoms with Gasteiger partial charge in [-0.2, -0.15) is 5.10 Å². The number of aryl methyl sites for hydroxylation is 1. The molecule has 0 saturated carbocycles. The highest BCUT2D eigenvalue weighted by molar-refractivity contribution is 5.95. The number of nitrogens with zero attached hydrogens (tertiary/aromatic N) is 4. The smallest absolute Gasteiger partial charge is 0.233 e. The molecule has 1 amide bonds. The molecule has 22 heavy (non-hydrogen) atoms. The van der Waals surface area contributed by atoms with E-state index in [2.05, 4.69) is 20.3 Å². The number of hydrogen-bond donors (Lipinski definition) is 1. The zero-order chi connectivity index (χ0) is 15.2. The van der Waals surface area contributed by atoms with Gasteiger partial charge in [0.05, 0.1) is 11.6 Å². The monoisotopic (exact) mass is 297 g/mol. The molecule has 0 aliphatic carbocycles. The third-order valence-corrected chi connectivity index (χ3v) is 4.86. The second kappa shape index (κ2) is 4.91. The molecular formula is C16H19N5O. The number of carbonyl (C=O) groups excluding carboxylic acids is 1. The largest absolute Gasteiger partial charge is 0.310 e. The van der Waals surface area contributed by atoms with Crippen molar-refractivity contribution in [3.05, 3.63) is 30.7 Å². The first kappa shape index (κ1) is 13.5. The van der Waals surface area contributed by atoms with E-state index in [1.165, 1.54) is 0 Å². The number of anilines is 1. The molecule has 2 fully saturated rings. The molecular weight excluding hydrogens is 278 g/mol. The number of aromatic nitrogens is 3. The van der Waals surface area contributed by atoms with Crippen LogP contribution in [-0.2, 0) is 11.8 Å². The minimum Gasteiger partial charge on any atom is -0.310 e. The Labute approximate surface area is 129 Å². The average Bonchev–Trinajstić information content (AvgIpc) is 3.23. The van der Waals surface area contributed by atoms with Gasteiger partial charge in [0.15, 0.2) is 0 Å². The van der Waals surface area contributed by atoms with Gasteiger partial charge < -0.3 is 10.2 Å². The summed E-state index contributed by atoms with van der Waals surface area (Å²) in [6.07, 6.45) is 7.41. The summed E-state index contributed by atoms with van der Waals surface area (Å²) in [5, 5.41) is 7.20. The molecule has 4 heterocycles. The van der Waals surface area contributed by atoms with Crippen LogP contribution in [0, 0.1) is 5.41 Å². The molecule has 2 bridgehead atoms. The Balaban J connectivity index is 1.55. The Morgan fingerprint density at radius 2 is 2.14 bits per heavy atom. The maximum atomic E-state index is 12.7. The maximum Gasteiger partial charge on any atom is 0.233 e. The third kappa shape index (κ3) is 2.20. The maximum absolute atomic E-state index is 12.7. The molecule has 0 aromatic carbocycles. The quantitative estimate of drug-likeness (QED) is 0.933. The molecule has 1 N–H and O–H groups in total. The SMILES string of the molecule is Cn1cc(-c2ccnc(NC(=O)C34CCN(CC3)C4)c2)cn1. The van der Waals surface area contributed by atoms with Crippen molar-refractivity contribution in [3.8, 4) is 11.1 Å². The van der Waals surface area contributed by atoms with E-state index in [1.54, 1.807) is 10.9 Å². The first-order valence-corrected chi connectivity index (χ1v) is 7.64. The molecule has 0 radical (unpaired) electrons. The number of nitrogens with one attached hydrogen (secondary N) is 1. The van der Waals surface area contributed by atoms with Crippen molar-refractivity contribution in [2.45, 2.75) is 12.8 Å². The molecule has 2 saturated heterocycles. The molecule has 6 heteroatoms. The van der Waals surface area contributed by atoms with Gasteiger partial charge in [-0.3, -0.25) is 9.48 Å². The number of hydrogen-bond acceptors (Lipinski definition) is 4. The van der Waals surface area contributed by atoms with Crippen LogP contribution in [0.2, 0.25) is 0 Å². The Morgan fingerprint density at radius 3 is 2.77 bits per heavy atom. The summed E-state index contributed by atoms with van der Waals surface area (Å²) in [7, 11) is 1.89. The highest BCUT2D eigenvalue weighted by Gasteiger charge is 2.49. The summed E-state index contributed by atoms with van der Waals surface area (Å²) >= 11 is 0. The van der Waals surface area contributed by atoms with Gasteiger partial charge in [0.1, 0.15) is 5.82 Å². The van der Waals surface area contributed by atoms with Crippen LogP contribution < -0.4 is 5.32 Å². The summed E-state index contributed by atoms with van der Waals surface area (Å²) in [5.41, 5.74) is 1.83. The summed E-state index contributed by atoms with van der Waals surface area (Å²) < 4.78 is 1.76. The van der Waals surface area contributed by atoms with Crippen molar-refractivity contribution in [3.63, 3.8) is 0 Å². The second-order valence-electron chi connectivity index (χ2n) is 6.34. The summed E-state index contributed by atoms with van der Waals surface area (Å²) in [5.74, 6) is 0.731. The molecule has 0 spiro atoms. The van der Waals surface area contributed by atoms with E-state index in [0.717, 1.165) is 43.6 Å². The van der Waals surface area contributed by atoms with Crippen LogP contribution >= 0.6 is 0 Å². The Kier molecular flexibility index (Phi) is 3.00. The summed E-state index contributed by atoms with van der Waals surface area (Å²) in [4.78, 5) is 19.3. The molecule has 2 aromatic heterocycles. The van der Waals surface area contributed by atoms with Gasteiger partial charge in [-0.05, 0) is 43.6 Å². The van der Waals surface area contributed by atoms with Crippen LogP contribution in [0.15, 0.2) is 30.7 Å². The Hall–Kier alpha value is -2.21. The molecule has 2 aliphatic rings. The topological polar surface area (TPSA) is 63.1 Å². The van der Waals surface area contributed by atoms with Gasteiger partial charge in [-0.25, -0.2) is 4.98 Å². The fourth-order valence-corrected chi connectivity index (χ4v) is 3.52. The highest BCUT2D eigenvalue weighted by Crippen LogP contribution is 2.41. The van der Waals surface area contributed by atoms with Crippen molar-refractivity contribution >= 4 is 11.7 Å². The molecule has 4 rings (SSSR count). The zero-order valence-corrected chi connectivity index (χ0v) is 12.6. The fraction of sp³-hybridized carbons (Fsp3) is 0.438. The Morgan fingerprint density at radius 1 is 1.32 bits per heavy atom. The van der Waals surface area contributed by atoms with E-state index >= 15 is 0 Å². The number of amides is 1. The lowest BCUT2D eigenvalue weighted by Gasteiger charge is -2.23. The normalized spacial score (nSPS) is 26.3.